The van der Waals surface area contributed by atoms with Gasteiger partial charge in [-0.1, -0.05) is 23.7 Å². The van der Waals surface area contributed by atoms with Crippen LogP contribution in [0.25, 0.3) is 11.3 Å². The average molecular weight is 292 g/mol. The van der Waals surface area contributed by atoms with Crippen LogP contribution in [0.5, 0.6) is 0 Å². The SMILES string of the molecule is O=C(NCc1ncc(-c2cccc(Cl)c2)o1)NC1CC1. The Hall–Kier alpha value is -2.01. The third-order valence-corrected chi connectivity index (χ3v) is 3.21. The zero-order valence-electron chi connectivity index (χ0n) is 10.7. The normalized spacial score (nSPS) is 14.1. The van der Waals surface area contributed by atoms with E-state index in [4.69, 9.17) is 16.0 Å². The predicted molar refractivity (Wildman–Crippen MR) is 75.3 cm³/mol. The summed E-state index contributed by atoms with van der Waals surface area (Å²) in [7, 11) is 0. The Kier molecular flexibility index (Phi) is 3.60. The van der Waals surface area contributed by atoms with E-state index in [0.29, 0.717) is 22.7 Å². The monoisotopic (exact) mass is 291 g/mol. The molecule has 0 spiro atoms. The molecule has 1 saturated carbocycles. The van der Waals surface area contributed by atoms with Crippen LogP contribution in [-0.4, -0.2) is 17.1 Å². The van der Waals surface area contributed by atoms with Gasteiger partial charge >= 0.3 is 6.03 Å². The van der Waals surface area contributed by atoms with Crippen LogP contribution in [0.2, 0.25) is 5.02 Å². The molecule has 104 valence electrons. The zero-order valence-corrected chi connectivity index (χ0v) is 11.5. The standard InChI is InChI=1S/C14H14ClN3O2/c15-10-3-1-2-9(6-10)12-7-16-13(20-12)8-17-14(19)18-11-4-5-11/h1-3,6-7,11H,4-5,8H2,(H2,17,18,19). The molecule has 0 bridgehead atoms. The summed E-state index contributed by atoms with van der Waals surface area (Å²) >= 11 is 5.93. The fourth-order valence-corrected chi connectivity index (χ4v) is 1.98. The predicted octanol–water partition coefficient (Wildman–Crippen LogP) is 2.96. The summed E-state index contributed by atoms with van der Waals surface area (Å²) < 4.78 is 5.58. The number of nitrogens with one attached hydrogen (secondary N) is 2. The second-order valence-electron chi connectivity index (χ2n) is 4.73. The van der Waals surface area contributed by atoms with E-state index < -0.39 is 0 Å². The first-order valence-corrected chi connectivity index (χ1v) is 6.83. The van der Waals surface area contributed by atoms with Gasteiger partial charge in [-0.2, -0.15) is 0 Å². The van der Waals surface area contributed by atoms with E-state index in [9.17, 15) is 4.79 Å². The molecule has 3 rings (SSSR count). The van der Waals surface area contributed by atoms with Crippen LogP contribution in [0.4, 0.5) is 4.79 Å². The summed E-state index contributed by atoms with van der Waals surface area (Å²) in [6.07, 6.45) is 3.75. The van der Waals surface area contributed by atoms with Gasteiger partial charge in [-0.15, -0.1) is 0 Å². The van der Waals surface area contributed by atoms with Crippen molar-refractivity contribution in [2.45, 2.75) is 25.4 Å². The number of halogens is 1. The third kappa shape index (κ3) is 3.30. The van der Waals surface area contributed by atoms with Crippen molar-refractivity contribution in [2.24, 2.45) is 0 Å². The molecule has 1 aromatic carbocycles. The molecule has 2 N–H and O–H groups in total. The number of oxazole rings is 1. The lowest BCUT2D eigenvalue weighted by molar-refractivity contribution is 0.239. The lowest BCUT2D eigenvalue weighted by Gasteiger charge is -2.03. The number of amides is 2. The number of carbonyl (C=O) groups is 1. The molecule has 5 nitrogen and oxygen atoms in total. The number of rotatable bonds is 4. The Morgan fingerprint density at radius 3 is 3.05 bits per heavy atom. The molecule has 6 heteroatoms. The average Bonchev–Trinajstić information content (AvgIpc) is 3.11. The van der Waals surface area contributed by atoms with Crippen molar-refractivity contribution in [3.63, 3.8) is 0 Å². The quantitative estimate of drug-likeness (QED) is 0.910. The summed E-state index contributed by atoms with van der Waals surface area (Å²) in [5.74, 6) is 1.10. The molecule has 0 radical (unpaired) electrons. The molecule has 0 saturated heterocycles. The highest BCUT2D eigenvalue weighted by atomic mass is 35.5. The van der Waals surface area contributed by atoms with Gasteiger partial charge in [0.15, 0.2) is 5.76 Å². The number of aromatic nitrogens is 1. The van der Waals surface area contributed by atoms with Crippen molar-refractivity contribution in [1.29, 1.82) is 0 Å². The summed E-state index contributed by atoms with van der Waals surface area (Å²) in [5, 5.41) is 6.19. The van der Waals surface area contributed by atoms with Gasteiger partial charge in [0.05, 0.1) is 12.7 Å². The van der Waals surface area contributed by atoms with E-state index in [1.54, 1.807) is 18.3 Å². The van der Waals surface area contributed by atoms with Crippen molar-refractivity contribution in [1.82, 2.24) is 15.6 Å². The maximum absolute atomic E-state index is 11.5. The zero-order chi connectivity index (χ0) is 13.9. The molecule has 1 aliphatic rings. The smallest absolute Gasteiger partial charge is 0.315 e. The Bertz CT molecular complexity index is 622. The van der Waals surface area contributed by atoms with Gasteiger partial charge in [-0.25, -0.2) is 9.78 Å². The number of benzene rings is 1. The van der Waals surface area contributed by atoms with Gasteiger partial charge in [0, 0.05) is 16.6 Å². The first-order valence-electron chi connectivity index (χ1n) is 6.46. The van der Waals surface area contributed by atoms with Gasteiger partial charge < -0.3 is 15.1 Å². The van der Waals surface area contributed by atoms with Crippen molar-refractivity contribution in [3.8, 4) is 11.3 Å². The van der Waals surface area contributed by atoms with Gasteiger partial charge in [0.1, 0.15) is 0 Å². The van der Waals surface area contributed by atoms with E-state index in [1.807, 2.05) is 12.1 Å². The topological polar surface area (TPSA) is 67.2 Å². The maximum atomic E-state index is 11.5. The summed E-state index contributed by atoms with van der Waals surface area (Å²) in [5.41, 5.74) is 0.860. The van der Waals surface area contributed by atoms with E-state index in [2.05, 4.69) is 15.6 Å². The fourth-order valence-electron chi connectivity index (χ4n) is 1.79. The molecule has 0 atom stereocenters. The first kappa shape index (κ1) is 13.0. The van der Waals surface area contributed by atoms with Crippen molar-refractivity contribution in [2.75, 3.05) is 0 Å². The molecular weight excluding hydrogens is 278 g/mol. The maximum Gasteiger partial charge on any atom is 0.315 e. The lowest BCUT2D eigenvalue weighted by atomic mass is 10.2. The molecule has 0 aliphatic heterocycles. The Labute approximate surface area is 121 Å². The van der Waals surface area contributed by atoms with E-state index in [0.717, 1.165) is 18.4 Å². The van der Waals surface area contributed by atoms with Crippen LogP contribution < -0.4 is 10.6 Å². The van der Waals surface area contributed by atoms with Gasteiger partial charge in [-0.3, -0.25) is 0 Å². The summed E-state index contributed by atoms with van der Waals surface area (Å²) in [6.45, 7) is 0.263. The van der Waals surface area contributed by atoms with Gasteiger partial charge in [0.2, 0.25) is 5.89 Å². The third-order valence-electron chi connectivity index (χ3n) is 2.98. The largest absolute Gasteiger partial charge is 0.439 e. The minimum atomic E-state index is -0.185. The van der Waals surface area contributed by atoms with Crippen LogP contribution in [0.15, 0.2) is 34.9 Å². The number of carbonyl (C=O) groups excluding carboxylic acids is 1. The minimum absolute atomic E-state index is 0.185. The number of hydrogen-bond acceptors (Lipinski definition) is 3. The second kappa shape index (κ2) is 5.54. The summed E-state index contributed by atoms with van der Waals surface area (Å²) in [4.78, 5) is 15.6. The number of hydrogen-bond donors (Lipinski definition) is 2. The molecule has 2 aromatic rings. The lowest BCUT2D eigenvalue weighted by Crippen LogP contribution is -2.36. The van der Waals surface area contributed by atoms with E-state index >= 15 is 0 Å². The Morgan fingerprint density at radius 1 is 1.45 bits per heavy atom. The van der Waals surface area contributed by atoms with Crippen LogP contribution in [0.3, 0.4) is 0 Å². The molecule has 1 aromatic heterocycles. The molecule has 0 unspecified atom stereocenters. The molecule has 2 amide bonds. The van der Waals surface area contributed by atoms with Crippen LogP contribution in [0.1, 0.15) is 18.7 Å². The first-order chi connectivity index (χ1) is 9.70. The number of urea groups is 1. The van der Waals surface area contributed by atoms with Crippen molar-refractivity contribution >= 4 is 17.6 Å². The fraction of sp³-hybridized carbons (Fsp3) is 0.286. The highest BCUT2D eigenvalue weighted by Crippen LogP contribution is 2.23. The van der Waals surface area contributed by atoms with Crippen LogP contribution in [-0.2, 0) is 6.54 Å². The van der Waals surface area contributed by atoms with Crippen molar-refractivity contribution < 1.29 is 9.21 Å². The Balaban J connectivity index is 1.60. The highest BCUT2D eigenvalue weighted by Gasteiger charge is 2.23. The number of nitrogens with zero attached hydrogens (tertiary/aromatic N) is 1. The van der Waals surface area contributed by atoms with Gasteiger partial charge in [0.25, 0.3) is 0 Å². The highest BCUT2D eigenvalue weighted by molar-refractivity contribution is 6.30. The molecule has 1 fully saturated rings. The minimum Gasteiger partial charge on any atom is -0.439 e. The Morgan fingerprint density at radius 2 is 2.30 bits per heavy atom. The van der Waals surface area contributed by atoms with Crippen LogP contribution in [0, 0.1) is 0 Å². The van der Waals surface area contributed by atoms with Crippen LogP contribution >= 0.6 is 11.6 Å². The second-order valence-corrected chi connectivity index (χ2v) is 5.17. The molecule has 1 heterocycles. The summed E-state index contributed by atoms with van der Waals surface area (Å²) in [6, 6.07) is 7.49. The molecular formula is C14H14ClN3O2. The van der Waals surface area contributed by atoms with E-state index in [-0.39, 0.29) is 12.6 Å². The molecule has 20 heavy (non-hydrogen) atoms. The van der Waals surface area contributed by atoms with Gasteiger partial charge in [-0.05, 0) is 25.0 Å². The van der Waals surface area contributed by atoms with E-state index in [1.165, 1.54) is 0 Å². The molecule has 1 aliphatic carbocycles. The van der Waals surface area contributed by atoms with Crippen molar-refractivity contribution in [3.05, 3.63) is 41.4 Å².